The predicted octanol–water partition coefficient (Wildman–Crippen LogP) is 4.67. The van der Waals surface area contributed by atoms with Gasteiger partial charge in [0.15, 0.2) is 0 Å². The number of pyridine rings is 2. The summed E-state index contributed by atoms with van der Waals surface area (Å²) in [4.78, 5) is 49.8. The first-order valence-electron chi connectivity index (χ1n) is 17.0. The van der Waals surface area contributed by atoms with E-state index in [-0.39, 0.29) is 25.5 Å². The second kappa shape index (κ2) is 19.6. The molecule has 4 amide bonds. The van der Waals surface area contributed by atoms with Gasteiger partial charge in [-0.3, -0.25) is 9.78 Å². The summed E-state index contributed by atoms with van der Waals surface area (Å²) in [6, 6.07) is 23.7. The smallest absolute Gasteiger partial charge is 0.407 e. The maximum Gasteiger partial charge on any atom is 0.407 e. The van der Waals surface area contributed by atoms with Crippen molar-refractivity contribution in [3.05, 3.63) is 126 Å². The molecular formula is C39H48N6O6. The molecule has 0 radical (unpaired) electrons. The highest BCUT2D eigenvalue weighted by molar-refractivity contribution is 5.87. The second-order valence-corrected chi connectivity index (χ2v) is 12.8. The van der Waals surface area contributed by atoms with Crippen LogP contribution in [0.1, 0.15) is 42.5 Å². The number of aliphatic hydroxyl groups is 1. The minimum atomic E-state index is -1.07. The van der Waals surface area contributed by atoms with Crippen molar-refractivity contribution in [1.82, 2.24) is 30.8 Å². The molecule has 1 unspecified atom stereocenters. The molecule has 12 heteroatoms. The Labute approximate surface area is 299 Å². The number of carbonyl (C=O) groups excluding carboxylic acids is 3. The molecule has 2 aromatic heterocycles. The van der Waals surface area contributed by atoms with Crippen LogP contribution in [0.5, 0.6) is 5.88 Å². The molecule has 12 nitrogen and oxygen atoms in total. The van der Waals surface area contributed by atoms with Crippen LogP contribution in [0, 0.1) is 5.92 Å². The van der Waals surface area contributed by atoms with E-state index in [0.29, 0.717) is 18.7 Å². The zero-order valence-corrected chi connectivity index (χ0v) is 29.6. The normalized spacial score (nSPS) is 13.3. The van der Waals surface area contributed by atoms with E-state index in [1.54, 1.807) is 37.8 Å². The molecule has 0 fully saturated rings. The number of ether oxygens (including phenoxy) is 2. The Kier molecular flexibility index (Phi) is 14.8. The lowest BCUT2D eigenvalue weighted by molar-refractivity contribution is -0.125. The molecule has 2 heterocycles. The van der Waals surface area contributed by atoms with Crippen LogP contribution in [-0.2, 0) is 35.5 Å². The van der Waals surface area contributed by atoms with Gasteiger partial charge >= 0.3 is 12.1 Å². The molecule has 0 saturated heterocycles. The fraction of sp³-hybridized carbons (Fsp3) is 0.359. The highest BCUT2D eigenvalue weighted by atomic mass is 16.5. The first-order chi connectivity index (χ1) is 24.6. The van der Waals surface area contributed by atoms with Gasteiger partial charge in [-0.15, -0.1) is 0 Å². The summed E-state index contributed by atoms with van der Waals surface area (Å²) in [7, 11) is 3.17. The van der Waals surface area contributed by atoms with Crippen LogP contribution >= 0.6 is 0 Å². The monoisotopic (exact) mass is 696 g/mol. The minimum Gasteiger partial charge on any atom is -0.481 e. The summed E-state index contributed by atoms with van der Waals surface area (Å²) in [6.45, 7) is 4.00. The zero-order chi connectivity index (χ0) is 36.6. The SMILES string of the molecule is COc1ccc(CN(C)C(=O)NC(C(=O)N[C@@H](Cc2ccccc2)[C@@H](O)C[C@H](Cc2ccccc2)NC(=O)OCc2cccnc2)C(C)C)cn1. The van der Waals surface area contributed by atoms with E-state index in [1.165, 1.54) is 12.0 Å². The summed E-state index contributed by atoms with van der Waals surface area (Å²) in [5.41, 5.74) is 3.41. The molecule has 0 aliphatic rings. The van der Waals surface area contributed by atoms with Crippen molar-refractivity contribution in [2.75, 3.05) is 14.2 Å². The molecule has 0 bridgehead atoms. The highest BCUT2D eigenvalue weighted by Gasteiger charge is 2.31. The Morgan fingerprint density at radius 3 is 2.06 bits per heavy atom. The van der Waals surface area contributed by atoms with Gasteiger partial charge in [0, 0.05) is 49.9 Å². The lowest BCUT2D eigenvalue weighted by atomic mass is 9.93. The molecule has 0 aliphatic heterocycles. The third kappa shape index (κ3) is 12.7. The number of benzene rings is 2. The topological polar surface area (TPSA) is 155 Å². The summed E-state index contributed by atoms with van der Waals surface area (Å²) >= 11 is 0. The Bertz CT molecular complexity index is 1640. The number of amides is 4. The molecular weight excluding hydrogens is 648 g/mol. The Morgan fingerprint density at radius 2 is 1.47 bits per heavy atom. The van der Waals surface area contributed by atoms with Crippen LogP contribution in [0.15, 0.2) is 104 Å². The Morgan fingerprint density at radius 1 is 0.804 bits per heavy atom. The van der Waals surface area contributed by atoms with Crippen LogP contribution in [0.4, 0.5) is 9.59 Å². The van der Waals surface area contributed by atoms with Gasteiger partial charge in [-0.05, 0) is 47.9 Å². The number of rotatable bonds is 17. The van der Waals surface area contributed by atoms with Gasteiger partial charge in [0.25, 0.3) is 0 Å². The van der Waals surface area contributed by atoms with Crippen molar-refractivity contribution in [3.63, 3.8) is 0 Å². The number of hydrogen-bond donors (Lipinski definition) is 4. The molecule has 51 heavy (non-hydrogen) atoms. The first-order valence-corrected chi connectivity index (χ1v) is 17.0. The average molecular weight is 697 g/mol. The van der Waals surface area contributed by atoms with Gasteiger partial charge < -0.3 is 35.4 Å². The molecule has 4 rings (SSSR count). The largest absolute Gasteiger partial charge is 0.481 e. The summed E-state index contributed by atoms with van der Waals surface area (Å²) in [5, 5.41) is 20.6. The number of nitrogens with one attached hydrogen (secondary N) is 3. The summed E-state index contributed by atoms with van der Waals surface area (Å²) < 4.78 is 10.6. The van der Waals surface area contributed by atoms with E-state index in [2.05, 4.69) is 25.9 Å². The number of aliphatic hydroxyl groups excluding tert-OH is 1. The van der Waals surface area contributed by atoms with Gasteiger partial charge in [-0.25, -0.2) is 14.6 Å². The van der Waals surface area contributed by atoms with Crippen LogP contribution in [-0.4, -0.2) is 76.4 Å². The Hall–Kier alpha value is -5.49. The molecule has 4 atom stereocenters. The van der Waals surface area contributed by atoms with E-state index in [4.69, 9.17) is 9.47 Å². The minimum absolute atomic E-state index is 0.0431. The summed E-state index contributed by atoms with van der Waals surface area (Å²) in [6.07, 6.45) is 4.05. The van der Waals surface area contributed by atoms with Crippen LogP contribution in [0.25, 0.3) is 0 Å². The van der Waals surface area contributed by atoms with E-state index < -0.39 is 42.3 Å². The number of nitrogens with zero attached hydrogens (tertiary/aromatic N) is 3. The third-order valence-electron chi connectivity index (χ3n) is 8.36. The average Bonchev–Trinajstić information content (AvgIpc) is 3.14. The second-order valence-electron chi connectivity index (χ2n) is 12.8. The predicted molar refractivity (Wildman–Crippen MR) is 194 cm³/mol. The van der Waals surface area contributed by atoms with Gasteiger partial charge in [-0.1, -0.05) is 86.6 Å². The zero-order valence-electron chi connectivity index (χ0n) is 29.6. The van der Waals surface area contributed by atoms with Crippen molar-refractivity contribution >= 4 is 18.0 Å². The Balaban J connectivity index is 1.47. The van der Waals surface area contributed by atoms with E-state index in [1.807, 2.05) is 86.6 Å². The van der Waals surface area contributed by atoms with Crippen LogP contribution in [0.2, 0.25) is 0 Å². The number of hydrogen-bond acceptors (Lipinski definition) is 8. The molecule has 270 valence electrons. The lowest BCUT2D eigenvalue weighted by Crippen LogP contribution is -2.57. The van der Waals surface area contributed by atoms with Crippen molar-refractivity contribution < 1.29 is 29.0 Å². The third-order valence-corrected chi connectivity index (χ3v) is 8.36. The van der Waals surface area contributed by atoms with Crippen molar-refractivity contribution in [3.8, 4) is 5.88 Å². The van der Waals surface area contributed by atoms with Gasteiger partial charge in [0.05, 0.1) is 19.3 Å². The van der Waals surface area contributed by atoms with E-state index >= 15 is 0 Å². The number of carbonyl (C=O) groups is 3. The maximum absolute atomic E-state index is 13.9. The van der Waals surface area contributed by atoms with Crippen molar-refractivity contribution in [2.24, 2.45) is 5.92 Å². The number of urea groups is 1. The van der Waals surface area contributed by atoms with Crippen molar-refractivity contribution in [1.29, 1.82) is 0 Å². The first kappa shape index (κ1) is 38.3. The molecule has 4 aromatic rings. The van der Waals surface area contributed by atoms with E-state index in [0.717, 1.165) is 22.3 Å². The van der Waals surface area contributed by atoms with Gasteiger partial charge in [0.1, 0.15) is 12.6 Å². The van der Waals surface area contributed by atoms with Crippen LogP contribution in [0.3, 0.4) is 0 Å². The molecule has 0 aliphatic carbocycles. The fourth-order valence-electron chi connectivity index (χ4n) is 5.56. The van der Waals surface area contributed by atoms with Crippen molar-refractivity contribution in [2.45, 2.75) is 70.5 Å². The lowest BCUT2D eigenvalue weighted by Gasteiger charge is -2.31. The number of methoxy groups -OCH3 is 1. The number of aromatic nitrogens is 2. The highest BCUT2D eigenvalue weighted by Crippen LogP contribution is 2.16. The van der Waals surface area contributed by atoms with E-state index in [9.17, 15) is 19.5 Å². The quantitative estimate of drug-likeness (QED) is 0.124. The molecule has 0 saturated carbocycles. The standard InChI is InChI=1S/C39H48N6O6/c1-27(2)36(44-38(48)45(3)25-30-17-18-35(50-4)41-24-30)37(47)43-33(21-29-14-9-6-10-15-29)34(46)22-32(20-28-12-7-5-8-13-28)42-39(49)51-26-31-16-11-19-40-23-31/h5-19,23-24,27,32-34,36,46H,20-22,25-26H2,1-4H3,(H,42,49)(H,43,47)(H,44,48)/t32-,33-,34-,36?/m0/s1. The van der Waals surface area contributed by atoms with Crippen LogP contribution < -0.4 is 20.7 Å². The fourth-order valence-corrected chi connectivity index (χ4v) is 5.56. The molecule has 0 spiro atoms. The maximum atomic E-state index is 13.9. The van der Waals surface area contributed by atoms with Gasteiger partial charge in [0.2, 0.25) is 11.8 Å². The molecule has 4 N–H and O–H groups in total. The number of alkyl carbamates (subject to hydrolysis) is 1. The van der Waals surface area contributed by atoms with Gasteiger partial charge in [-0.2, -0.15) is 0 Å². The summed E-state index contributed by atoms with van der Waals surface area (Å²) in [5.74, 6) is -0.222. The molecule has 2 aromatic carbocycles.